The molecule has 174 valence electrons. The Kier molecular flexibility index (Phi) is 6.10. The van der Waals surface area contributed by atoms with Crippen LogP contribution < -0.4 is 0 Å². The van der Waals surface area contributed by atoms with Gasteiger partial charge in [-0.15, -0.1) is 0 Å². The van der Waals surface area contributed by atoms with Crippen molar-refractivity contribution in [1.82, 2.24) is 4.98 Å². The molecule has 0 saturated heterocycles. The first-order valence-electron chi connectivity index (χ1n) is 11.4. The van der Waals surface area contributed by atoms with E-state index in [4.69, 9.17) is 9.40 Å². The van der Waals surface area contributed by atoms with Crippen molar-refractivity contribution in [3.63, 3.8) is 0 Å². The molecule has 0 bridgehead atoms. The van der Waals surface area contributed by atoms with Crippen molar-refractivity contribution in [1.29, 1.82) is 0 Å². The SMILES string of the molecule is Cc1ccc(S(=O)(=O)C(c2ccccc2)c2oc(-c3ccccc3)nc2-c2ccccc2C)cc1. The summed E-state index contributed by atoms with van der Waals surface area (Å²) >= 11 is 0. The molecule has 35 heavy (non-hydrogen) atoms. The zero-order valence-electron chi connectivity index (χ0n) is 19.5. The van der Waals surface area contributed by atoms with Gasteiger partial charge in [0.25, 0.3) is 0 Å². The Morgan fingerprint density at radius 1 is 0.714 bits per heavy atom. The molecule has 4 nitrogen and oxygen atoms in total. The highest BCUT2D eigenvalue weighted by atomic mass is 32.2. The number of hydrogen-bond acceptors (Lipinski definition) is 4. The van der Waals surface area contributed by atoms with E-state index in [0.717, 1.165) is 22.3 Å². The summed E-state index contributed by atoms with van der Waals surface area (Å²) < 4.78 is 34.7. The average molecular weight is 480 g/mol. The van der Waals surface area contributed by atoms with Gasteiger partial charge in [-0.25, -0.2) is 13.4 Å². The molecule has 1 aromatic heterocycles. The summed E-state index contributed by atoms with van der Waals surface area (Å²) in [5, 5.41) is -1.06. The van der Waals surface area contributed by atoms with E-state index in [1.807, 2.05) is 111 Å². The van der Waals surface area contributed by atoms with Crippen molar-refractivity contribution >= 4 is 9.84 Å². The summed E-state index contributed by atoms with van der Waals surface area (Å²) in [5.41, 5.74) is 4.76. The van der Waals surface area contributed by atoms with E-state index in [0.29, 0.717) is 22.9 Å². The summed E-state index contributed by atoms with van der Waals surface area (Å²) in [4.78, 5) is 5.09. The lowest BCUT2D eigenvalue weighted by Crippen LogP contribution is -2.16. The van der Waals surface area contributed by atoms with Crippen LogP contribution in [-0.2, 0) is 9.84 Å². The van der Waals surface area contributed by atoms with Crippen LogP contribution in [0.3, 0.4) is 0 Å². The van der Waals surface area contributed by atoms with Gasteiger partial charge in [-0.1, -0.05) is 90.5 Å². The van der Waals surface area contributed by atoms with Crippen molar-refractivity contribution in [3.8, 4) is 22.7 Å². The fourth-order valence-corrected chi connectivity index (χ4v) is 5.95. The maximum atomic E-state index is 14.2. The normalized spacial score (nSPS) is 12.4. The first-order chi connectivity index (χ1) is 16.9. The van der Waals surface area contributed by atoms with Crippen molar-refractivity contribution in [3.05, 3.63) is 132 Å². The van der Waals surface area contributed by atoms with Gasteiger partial charge in [-0.05, 0) is 49.2 Å². The van der Waals surface area contributed by atoms with Crippen molar-refractivity contribution in [2.24, 2.45) is 0 Å². The van der Waals surface area contributed by atoms with E-state index >= 15 is 0 Å². The van der Waals surface area contributed by atoms with Gasteiger partial charge in [-0.3, -0.25) is 0 Å². The Hall–Kier alpha value is -3.96. The van der Waals surface area contributed by atoms with Gasteiger partial charge in [0, 0.05) is 11.1 Å². The third-order valence-corrected chi connectivity index (χ3v) is 8.11. The summed E-state index contributed by atoms with van der Waals surface area (Å²) in [7, 11) is -3.87. The van der Waals surface area contributed by atoms with Crippen LogP contribution >= 0.6 is 0 Å². The Labute approximate surface area is 205 Å². The fourth-order valence-electron chi connectivity index (χ4n) is 4.21. The molecule has 0 amide bonds. The van der Waals surface area contributed by atoms with E-state index in [2.05, 4.69) is 0 Å². The van der Waals surface area contributed by atoms with Crippen molar-refractivity contribution in [2.45, 2.75) is 24.0 Å². The van der Waals surface area contributed by atoms with E-state index in [1.54, 1.807) is 12.1 Å². The standard InChI is InChI=1S/C30H25NO3S/c1-21-17-19-25(20-18-21)35(32,33)29(23-12-5-3-6-13-23)28-27(26-16-10-9-11-22(26)2)31-30(34-28)24-14-7-4-8-15-24/h3-20,29H,1-2H3. The van der Waals surface area contributed by atoms with Crippen LogP contribution in [0.15, 0.2) is 119 Å². The minimum atomic E-state index is -3.87. The summed E-state index contributed by atoms with van der Waals surface area (Å²) in [6.45, 7) is 3.92. The van der Waals surface area contributed by atoms with Crippen LogP contribution in [0.5, 0.6) is 0 Å². The van der Waals surface area contributed by atoms with Crippen molar-refractivity contribution < 1.29 is 12.8 Å². The first kappa shape index (κ1) is 22.8. The lowest BCUT2D eigenvalue weighted by molar-refractivity contribution is 0.513. The Morgan fingerprint density at radius 3 is 1.97 bits per heavy atom. The number of nitrogens with zero attached hydrogens (tertiary/aromatic N) is 1. The number of aromatic nitrogens is 1. The quantitative estimate of drug-likeness (QED) is 0.259. The lowest BCUT2D eigenvalue weighted by atomic mass is 10.0. The largest absolute Gasteiger partial charge is 0.439 e. The zero-order valence-corrected chi connectivity index (χ0v) is 20.4. The zero-order chi connectivity index (χ0) is 24.4. The van der Waals surface area contributed by atoms with E-state index in [9.17, 15) is 8.42 Å². The molecule has 5 rings (SSSR count). The van der Waals surface area contributed by atoms with Crippen LogP contribution in [0.1, 0.15) is 27.7 Å². The molecule has 0 fully saturated rings. The molecule has 5 aromatic rings. The smallest absolute Gasteiger partial charge is 0.226 e. The molecule has 0 spiro atoms. The number of oxazole rings is 1. The Bertz CT molecular complexity index is 1560. The van der Waals surface area contributed by atoms with Gasteiger partial charge in [-0.2, -0.15) is 0 Å². The third-order valence-electron chi connectivity index (χ3n) is 6.07. The topological polar surface area (TPSA) is 60.2 Å². The molecule has 0 aliphatic carbocycles. The second-order valence-corrected chi connectivity index (χ2v) is 10.6. The molecule has 1 atom stereocenters. The summed E-state index contributed by atoms with van der Waals surface area (Å²) in [6, 6.07) is 33.5. The number of benzene rings is 4. The Morgan fingerprint density at radius 2 is 1.31 bits per heavy atom. The van der Waals surface area contributed by atoms with Crippen LogP contribution in [0.25, 0.3) is 22.7 Å². The molecule has 1 unspecified atom stereocenters. The third kappa shape index (κ3) is 4.43. The predicted molar refractivity (Wildman–Crippen MR) is 139 cm³/mol. The van der Waals surface area contributed by atoms with Gasteiger partial charge in [0.1, 0.15) is 5.69 Å². The van der Waals surface area contributed by atoms with Crippen LogP contribution in [0.4, 0.5) is 0 Å². The molecule has 5 heteroatoms. The predicted octanol–water partition coefficient (Wildman–Crippen LogP) is 7.19. The number of aryl methyl sites for hydroxylation is 2. The lowest BCUT2D eigenvalue weighted by Gasteiger charge is -2.18. The maximum absolute atomic E-state index is 14.2. The minimum absolute atomic E-state index is 0.241. The highest BCUT2D eigenvalue weighted by Crippen LogP contribution is 2.42. The van der Waals surface area contributed by atoms with E-state index in [-0.39, 0.29) is 4.90 Å². The van der Waals surface area contributed by atoms with Gasteiger partial charge < -0.3 is 4.42 Å². The highest BCUT2D eigenvalue weighted by molar-refractivity contribution is 7.91. The molecular formula is C30H25NO3S. The fraction of sp³-hybridized carbons (Fsp3) is 0.100. The first-order valence-corrected chi connectivity index (χ1v) is 13.0. The monoisotopic (exact) mass is 479 g/mol. The highest BCUT2D eigenvalue weighted by Gasteiger charge is 2.37. The molecule has 0 aliphatic heterocycles. The molecule has 1 heterocycles. The van der Waals surface area contributed by atoms with Crippen LogP contribution in [-0.4, -0.2) is 13.4 Å². The number of hydrogen-bond donors (Lipinski definition) is 0. The molecule has 0 saturated carbocycles. The van der Waals surface area contributed by atoms with Gasteiger partial charge in [0.2, 0.25) is 5.89 Å². The minimum Gasteiger partial charge on any atom is -0.439 e. The molecule has 0 aliphatic rings. The molecular weight excluding hydrogens is 454 g/mol. The van der Waals surface area contributed by atoms with Crippen LogP contribution in [0.2, 0.25) is 0 Å². The molecule has 0 radical (unpaired) electrons. The second kappa shape index (κ2) is 9.35. The number of rotatable bonds is 6. The van der Waals surface area contributed by atoms with E-state index < -0.39 is 15.1 Å². The summed E-state index contributed by atoms with van der Waals surface area (Å²) in [6.07, 6.45) is 0. The van der Waals surface area contributed by atoms with Gasteiger partial charge in [0.05, 0.1) is 4.90 Å². The van der Waals surface area contributed by atoms with Gasteiger partial charge >= 0.3 is 0 Å². The molecule has 4 aromatic carbocycles. The number of sulfone groups is 1. The van der Waals surface area contributed by atoms with Crippen molar-refractivity contribution in [2.75, 3.05) is 0 Å². The average Bonchev–Trinajstić information content (AvgIpc) is 3.30. The molecule has 0 N–H and O–H groups in total. The van der Waals surface area contributed by atoms with Gasteiger partial charge in [0.15, 0.2) is 20.8 Å². The maximum Gasteiger partial charge on any atom is 0.226 e. The Balaban J connectivity index is 1.80. The van der Waals surface area contributed by atoms with E-state index in [1.165, 1.54) is 0 Å². The summed E-state index contributed by atoms with van der Waals surface area (Å²) in [5.74, 6) is 0.698. The van der Waals surface area contributed by atoms with Crippen LogP contribution in [0, 0.1) is 13.8 Å². The second-order valence-electron chi connectivity index (χ2n) is 8.56.